The molecule has 0 aromatic heterocycles. The van der Waals surface area contributed by atoms with Gasteiger partial charge in [-0.3, -0.25) is 9.87 Å². The van der Waals surface area contributed by atoms with Crippen LogP contribution in [0, 0.1) is 0 Å². The summed E-state index contributed by atoms with van der Waals surface area (Å²) in [4.78, 5) is 0. The van der Waals surface area contributed by atoms with Crippen LogP contribution in [0.5, 0.6) is 0 Å². The first-order valence-electron chi connectivity index (χ1n) is 4.63. The van der Waals surface area contributed by atoms with Crippen molar-refractivity contribution in [2.75, 3.05) is 25.5 Å². The predicted molar refractivity (Wildman–Crippen MR) is 55.6 cm³/mol. The number of aliphatic hydroxyl groups excluding tert-OH is 4. The molecule has 2 unspecified atom stereocenters. The number of hydrogen-bond acceptors (Lipinski definition) is 8. The molecule has 0 aliphatic carbocycles. The molecule has 0 spiro atoms. The molecule has 0 aromatic carbocycles. The van der Waals surface area contributed by atoms with Gasteiger partial charge in [0, 0.05) is 6.54 Å². The highest BCUT2D eigenvalue weighted by Crippen LogP contribution is 2.06. The second-order valence-electron chi connectivity index (χ2n) is 3.63. The van der Waals surface area contributed by atoms with Gasteiger partial charge in [-0.2, -0.15) is 8.42 Å². The largest absolute Gasteiger partial charge is 0.393 e. The van der Waals surface area contributed by atoms with Crippen LogP contribution in [0.1, 0.15) is 0 Å². The molecule has 2 atom stereocenters. The van der Waals surface area contributed by atoms with Crippen molar-refractivity contribution in [3.8, 4) is 0 Å². The number of nitrogens with one attached hydrogen (secondary N) is 1. The van der Waals surface area contributed by atoms with Crippen LogP contribution in [0.4, 0.5) is 0 Å². The molecular formula is C7H17NO8S. The normalized spacial score (nSPS) is 16.8. The maximum atomic E-state index is 10.4. The Kier molecular flexibility index (Phi) is 6.43. The topological polar surface area (TPSA) is 168 Å². The van der Waals surface area contributed by atoms with Crippen LogP contribution in [-0.2, 0) is 10.1 Å². The van der Waals surface area contributed by atoms with Gasteiger partial charge >= 0.3 is 0 Å². The molecule has 0 aromatic rings. The zero-order chi connectivity index (χ0) is 13.7. The SMILES string of the molecule is O=S(=O)(O)CC(O)CNC(O)C(O)(CO)CO. The minimum absolute atomic E-state index is 0.469. The van der Waals surface area contributed by atoms with Gasteiger partial charge in [0.2, 0.25) is 0 Å². The lowest BCUT2D eigenvalue weighted by atomic mass is 10.1. The molecule has 7 N–H and O–H groups in total. The summed E-state index contributed by atoms with van der Waals surface area (Å²) in [5.74, 6) is -0.941. The summed E-state index contributed by atoms with van der Waals surface area (Å²) < 4.78 is 29.1. The first-order valence-corrected chi connectivity index (χ1v) is 6.24. The van der Waals surface area contributed by atoms with E-state index in [9.17, 15) is 18.6 Å². The van der Waals surface area contributed by atoms with Crippen LogP contribution in [0.2, 0.25) is 0 Å². The van der Waals surface area contributed by atoms with Gasteiger partial charge in [0.1, 0.15) is 17.6 Å². The summed E-state index contributed by atoms with van der Waals surface area (Å²) in [6.07, 6.45) is -3.28. The molecule has 0 rings (SSSR count). The van der Waals surface area contributed by atoms with Gasteiger partial charge in [0.15, 0.2) is 0 Å². The van der Waals surface area contributed by atoms with Crippen molar-refractivity contribution in [1.82, 2.24) is 5.32 Å². The molecule has 0 amide bonds. The van der Waals surface area contributed by atoms with E-state index in [2.05, 4.69) is 5.32 Å². The van der Waals surface area contributed by atoms with Gasteiger partial charge in [0.05, 0.1) is 19.3 Å². The number of rotatable bonds is 8. The molecule has 0 saturated carbocycles. The maximum absolute atomic E-state index is 10.4. The average Bonchev–Trinajstić information content (AvgIpc) is 2.22. The van der Waals surface area contributed by atoms with Crippen molar-refractivity contribution in [3.63, 3.8) is 0 Å². The summed E-state index contributed by atoms with van der Waals surface area (Å²) in [6, 6.07) is 0. The van der Waals surface area contributed by atoms with E-state index in [1.807, 2.05) is 0 Å². The molecule has 0 heterocycles. The summed E-state index contributed by atoms with van der Waals surface area (Å²) in [7, 11) is -4.35. The second-order valence-corrected chi connectivity index (χ2v) is 5.13. The quantitative estimate of drug-likeness (QED) is 0.172. The van der Waals surface area contributed by atoms with E-state index in [0.717, 1.165) is 0 Å². The lowest BCUT2D eigenvalue weighted by molar-refractivity contribution is -0.142. The Labute approximate surface area is 98.1 Å². The molecule has 0 aliphatic heterocycles. The van der Waals surface area contributed by atoms with Crippen LogP contribution in [-0.4, -0.2) is 81.9 Å². The predicted octanol–water partition coefficient (Wildman–Crippen LogP) is -4.14. The summed E-state index contributed by atoms with van der Waals surface area (Å²) >= 11 is 0. The van der Waals surface area contributed by atoms with Crippen LogP contribution >= 0.6 is 0 Å². The minimum Gasteiger partial charge on any atom is -0.393 e. The third kappa shape index (κ3) is 6.24. The van der Waals surface area contributed by atoms with E-state index in [1.54, 1.807) is 0 Å². The van der Waals surface area contributed by atoms with Gasteiger partial charge in [-0.25, -0.2) is 0 Å². The van der Waals surface area contributed by atoms with Gasteiger partial charge in [-0.05, 0) is 0 Å². The first kappa shape index (κ1) is 16.7. The highest BCUT2D eigenvalue weighted by Gasteiger charge is 2.34. The molecular weight excluding hydrogens is 258 g/mol. The highest BCUT2D eigenvalue weighted by atomic mass is 32.2. The number of hydrogen-bond donors (Lipinski definition) is 7. The summed E-state index contributed by atoms with van der Waals surface area (Å²) in [5, 5.41) is 47.3. The van der Waals surface area contributed by atoms with Crippen molar-refractivity contribution in [2.24, 2.45) is 0 Å². The highest BCUT2D eigenvalue weighted by molar-refractivity contribution is 7.85. The summed E-state index contributed by atoms with van der Waals surface area (Å²) in [5.41, 5.74) is -2.21. The van der Waals surface area contributed by atoms with E-state index in [4.69, 9.17) is 19.9 Å². The third-order valence-corrected chi connectivity index (χ3v) is 2.81. The van der Waals surface area contributed by atoms with Crippen molar-refractivity contribution in [3.05, 3.63) is 0 Å². The van der Waals surface area contributed by atoms with Gasteiger partial charge in [0.25, 0.3) is 10.1 Å². The maximum Gasteiger partial charge on any atom is 0.267 e. The Morgan fingerprint density at radius 2 is 1.65 bits per heavy atom. The monoisotopic (exact) mass is 275 g/mol. The Bertz CT molecular complexity index is 314. The van der Waals surface area contributed by atoms with Crippen LogP contribution in [0.25, 0.3) is 0 Å². The lowest BCUT2D eigenvalue weighted by Crippen LogP contribution is -2.57. The molecule has 0 bridgehead atoms. The van der Waals surface area contributed by atoms with Crippen molar-refractivity contribution in [1.29, 1.82) is 0 Å². The molecule has 10 heteroatoms. The third-order valence-electron chi connectivity index (χ3n) is 2.01. The second kappa shape index (κ2) is 6.56. The Hall–Kier alpha value is -0.330. The fourth-order valence-electron chi connectivity index (χ4n) is 0.963. The minimum atomic E-state index is -4.35. The van der Waals surface area contributed by atoms with E-state index < -0.39 is 53.6 Å². The zero-order valence-electron chi connectivity index (χ0n) is 8.89. The fourth-order valence-corrected chi connectivity index (χ4v) is 1.57. The molecule has 0 saturated heterocycles. The molecule has 0 aliphatic rings. The molecule has 17 heavy (non-hydrogen) atoms. The van der Waals surface area contributed by atoms with E-state index >= 15 is 0 Å². The van der Waals surface area contributed by atoms with Crippen LogP contribution in [0.15, 0.2) is 0 Å². The smallest absolute Gasteiger partial charge is 0.267 e. The first-order chi connectivity index (χ1) is 7.64. The van der Waals surface area contributed by atoms with Crippen molar-refractivity contribution >= 4 is 10.1 Å². The van der Waals surface area contributed by atoms with Crippen molar-refractivity contribution in [2.45, 2.75) is 17.9 Å². The fraction of sp³-hybridized carbons (Fsp3) is 1.00. The van der Waals surface area contributed by atoms with E-state index in [1.165, 1.54) is 0 Å². The standard InChI is InChI=1S/C7H17NO8S/c9-3-7(13,4-10)6(12)8-1-5(11)2-17(14,15)16/h5-6,8-13H,1-4H2,(H,14,15,16). The van der Waals surface area contributed by atoms with Crippen molar-refractivity contribution < 1.29 is 38.5 Å². The molecule has 9 nitrogen and oxygen atoms in total. The van der Waals surface area contributed by atoms with Crippen LogP contribution < -0.4 is 5.32 Å². The zero-order valence-corrected chi connectivity index (χ0v) is 9.71. The number of aliphatic hydroxyl groups is 5. The van der Waals surface area contributed by atoms with Gasteiger partial charge in [-0.15, -0.1) is 0 Å². The molecule has 0 fully saturated rings. The lowest BCUT2D eigenvalue weighted by Gasteiger charge is -2.30. The Morgan fingerprint density at radius 3 is 2.00 bits per heavy atom. The van der Waals surface area contributed by atoms with Crippen LogP contribution in [0.3, 0.4) is 0 Å². The van der Waals surface area contributed by atoms with E-state index in [0.29, 0.717) is 0 Å². The van der Waals surface area contributed by atoms with E-state index in [-0.39, 0.29) is 0 Å². The van der Waals surface area contributed by atoms with Gasteiger partial charge < -0.3 is 25.5 Å². The Morgan fingerprint density at radius 1 is 1.18 bits per heavy atom. The Balaban J connectivity index is 4.20. The average molecular weight is 275 g/mol. The van der Waals surface area contributed by atoms with Gasteiger partial charge in [-0.1, -0.05) is 0 Å². The summed E-state index contributed by atoms with van der Waals surface area (Å²) in [6.45, 7) is -2.35. The molecule has 0 radical (unpaired) electrons. The molecule has 104 valence electrons.